The lowest BCUT2D eigenvalue weighted by molar-refractivity contribution is -0.136. The van der Waals surface area contributed by atoms with E-state index in [-0.39, 0.29) is 11.5 Å². The zero-order chi connectivity index (χ0) is 21.5. The monoisotopic (exact) mass is 434 g/mol. The van der Waals surface area contributed by atoms with Crippen LogP contribution in [-0.4, -0.2) is 77.0 Å². The van der Waals surface area contributed by atoms with Crippen LogP contribution in [0.2, 0.25) is 0 Å². The van der Waals surface area contributed by atoms with Crippen molar-refractivity contribution in [3.05, 3.63) is 40.7 Å². The van der Waals surface area contributed by atoms with Crippen molar-refractivity contribution in [1.29, 1.82) is 0 Å². The summed E-state index contributed by atoms with van der Waals surface area (Å²) in [5.41, 5.74) is 0.0747. The normalized spacial score (nSPS) is 14.4. The van der Waals surface area contributed by atoms with E-state index >= 15 is 0 Å². The number of hydrogen-bond donors (Lipinski definition) is 2. The van der Waals surface area contributed by atoms with Crippen LogP contribution in [0.25, 0.3) is 0 Å². The summed E-state index contributed by atoms with van der Waals surface area (Å²) in [6.07, 6.45) is 0.707. The van der Waals surface area contributed by atoms with Gasteiger partial charge in [0.1, 0.15) is 10.8 Å². The van der Waals surface area contributed by atoms with Crippen LogP contribution < -0.4 is 10.6 Å². The van der Waals surface area contributed by atoms with Crippen LogP contribution in [0.5, 0.6) is 0 Å². The lowest BCUT2D eigenvalue weighted by Crippen LogP contribution is -2.50. The first kappa shape index (κ1) is 21.8. The largest absolute Gasteiger partial charge is 0.347 e. The minimum Gasteiger partial charge on any atom is -0.347 e. The summed E-state index contributed by atoms with van der Waals surface area (Å²) in [6.45, 7) is 4.91. The number of carbonyl (C=O) groups is 3. The first-order valence-electron chi connectivity index (χ1n) is 9.65. The number of benzene rings is 1. The molecule has 30 heavy (non-hydrogen) atoms. The average Bonchev–Trinajstić information content (AvgIpc) is 3.21. The Kier molecular flexibility index (Phi) is 7.41. The van der Waals surface area contributed by atoms with Gasteiger partial charge in [-0.2, -0.15) is 0 Å². The number of aromatic nitrogens is 2. The Morgan fingerprint density at radius 3 is 2.50 bits per heavy atom. The highest BCUT2D eigenvalue weighted by molar-refractivity contribution is 7.15. The lowest BCUT2D eigenvalue weighted by atomic mass is 10.1. The number of hydrogen-bond acceptors (Lipinski definition) is 7. The number of rotatable bonds is 6. The Morgan fingerprint density at radius 2 is 1.83 bits per heavy atom. The molecule has 1 aliphatic rings. The smallest absolute Gasteiger partial charge is 0.315 e. The van der Waals surface area contributed by atoms with E-state index in [1.165, 1.54) is 23.5 Å². The topological polar surface area (TPSA) is 108 Å². The second-order valence-corrected chi connectivity index (χ2v) is 7.74. The van der Waals surface area contributed by atoms with Crippen LogP contribution in [0.3, 0.4) is 0 Å². The molecule has 0 bridgehead atoms. The number of piperazine rings is 1. The van der Waals surface area contributed by atoms with Gasteiger partial charge in [-0.3, -0.25) is 24.6 Å². The van der Waals surface area contributed by atoms with E-state index in [1.807, 2.05) is 6.92 Å². The number of carbonyl (C=O) groups excluding carboxylic acids is 3. The van der Waals surface area contributed by atoms with Gasteiger partial charge < -0.3 is 10.2 Å². The Balaban J connectivity index is 1.37. The maximum atomic E-state index is 13.8. The zero-order valence-corrected chi connectivity index (χ0v) is 17.4. The van der Waals surface area contributed by atoms with Gasteiger partial charge in [-0.1, -0.05) is 30.4 Å². The Bertz CT molecular complexity index is 913. The Hall–Kier alpha value is -2.92. The van der Waals surface area contributed by atoms with Gasteiger partial charge in [0.2, 0.25) is 5.13 Å². The third-order valence-corrected chi connectivity index (χ3v) is 5.66. The van der Waals surface area contributed by atoms with Crippen LogP contribution >= 0.6 is 11.3 Å². The summed E-state index contributed by atoms with van der Waals surface area (Å²) in [6, 6.07) is 5.94. The summed E-state index contributed by atoms with van der Waals surface area (Å²) >= 11 is 1.23. The molecule has 0 radical (unpaired) electrons. The molecule has 160 valence electrons. The molecule has 0 aliphatic carbocycles. The van der Waals surface area contributed by atoms with E-state index in [1.54, 1.807) is 17.0 Å². The molecular weight excluding hydrogens is 411 g/mol. The highest BCUT2D eigenvalue weighted by Gasteiger charge is 2.24. The van der Waals surface area contributed by atoms with E-state index in [0.717, 1.165) is 5.01 Å². The minimum absolute atomic E-state index is 0.0747. The van der Waals surface area contributed by atoms with E-state index in [2.05, 4.69) is 25.7 Å². The third kappa shape index (κ3) is 5.57. The molecule has 0 saturated carbocycles. The van der Waals surface area contributed by atoms with E-state index in [4.69, 9.17) is 0 Å². The highest BCUT2D eigenvalue weighted by atomic mass is 32.1. The van der Waals surface area contributed by atoms with E-state index < -0.39 is 17.6 Å². The maximum absolute atomic E-state index is 13.8. The number of amides is 3. The van der Waals surface area contributed by atoms with Crippen molar-refractivity contribution >= 4 is 34.2 Å². The minimum atomic E-state index is -0.783. The molecule has 0 atom stereocenters. The first-order chi connectivity index (χ1) is 14.5. The van der Waals surface area contributed by atoms with E-state index in [9.17, 15) is 18.8 Å². The molecule has 3 rings (SSSR count). The van der Waals surface area contributed by atoms with E-state index in [0.29, 0.717) is 50.8 Å². The first-order valence-corrected chi connectivity index (χ1v) is 10.5. The van der Waals surface area contributed by atoms with Crippen molar-refractivity contribution in [3.63, 3.8) is 0 Å². The van der Waals surface area contributed by atoms with Crippen LogP contribution in [0.1, 0.15) is 22.3 Å². The number of nitrogens with zero attached hydrogens (tertiary/aromatic N) is 4. The Labute approximate surface area is 177 Å². The van der Waals surface area contributed by atoms with Crippen molar-refractivity contribution in [1.82, 2.24) is 25.3 Å². The van der Waals surface area contributed by atoms with Gasteiger partial charge in [0, 0.05) is 39.3 Å². The van der Waals surface area contributed by atoms with Gasteiger partial charge in [-0.05, 0) is 18.6 Å². The lowest BCUT2D eigenvalue weighted by Gasteiger charge is -2.34. The van der Waals surface area contributed by atoms with Gasteiger partial charge in [-0.15, -0.1) is 10.2 Å². The third-order valence-electron chi connectivity index (χ3n) is 4.67. The molecule has 0 unspecified atom stereocenters. The van der Waals surface area contributed by atoms with Crippen LogP contribution in [0.15, 0.2) is 24.3 Å². The summed E-state index contributed by atoms with van der Waals surface area (Å²) < 4.78 is 13.8. The van der Waals surface area contributed by atoms with Crippen molar-refractivity contribution < 1.29 is 18.8 Å². The highest BCUT2D eigenvalue weighted by Crippen LogP contribution is 2.15. The fourth-order valence-corrected chi connectivity index (χ4v) is 3.66. The Morgan fingerprint density at radius 1 is 1.10 bits per heavy atom. The summed E-state index contributed by atoms with van der Waals surface area (Å²) in [7, 11) is 0. The SMILES string of the molecule is CCc1nnc(NC(=O)C(=O)NCCN2CCN(C(=O)c3ccccc3F)CC2)s1. The molecule has 3 amide bonds. The molecule has 1 aromatic carbocycles. The van der Waals surface area contributed by atoms with Crippen molar-refractivity contribution in [3.8, 4) is 0 Å². The van der Waals surface area contributed by atoms with Crippen molar-refractivity contribution in [2.45, 2.75) is 13.3 Å². The molecule has 1 aromatic heterocycles. The second-order valence-electron chi connectivity index (χ2n) is 6.68. The molecule has 11 heteroatoms. The molecule has 1 saturated heterocycles. The molecule has 9 nitrogen and oxygen atoms in total. The molecule has 1 fully saturated rings. The van der Waals surface area contributed by atoms with Gasteiger partial charge in [0.25, 0.3) is 5.91 Å². The fourth-order valence-electron chi connectivity index (χ4n) is 2.99. The van der Waals surface area contributed by atoms with Crippen LogP contribution in [0, 0.1) is 5.82 Å². The quantitative estimate of drug-likeness (QED) is 0.650. The van der Waals surface area contributed by atoms with Gasteiger partial charge >= 0.3 is 11.8 Å². The van der Waals surface area contributed by atoms with Crippen LogP contribution in [-0.2, 0) is 16.0 Å². The molecule has 2 aromatic rings. The summed E-state index contributed by atoms with van der Waals surface area (Å²) in [4.78, 5) is 39.9. The van der Waals surface area contributed by atoms with Gasteiger partial charge in [-0.25, -0.2) is 4.39 Å². The maximum Gasteiger partial charge on any atom is 0.315 e. The van der Waals surface area contributed by atoms with Crippen molar-refractivity contribution in [2.24, 2.45) is 0 Å². The fraction of sp³-hybridized carbons (Fsp3) is 0.421. The molecule has 2 heterocycles. The number of nitrogens with one attached hydrogen (secondary N) is 2. The average molecular weight is 434 g/mol. The van der Waals surface area contributed by atoms with Gasteiger partial charge in [0.15, 0.2) is 0 Å². The molecular formula is C19H23FN6O3S. The predicted octanol–water partition coefficient (Wildman–Crippen LogP) is 0.752. The predicted molar refractivity (Wildman–Crippen MR) is 110 cm³/mol. The number of halogens is 1. The summed E-state index contributed by atoms with van der Waals surface area (Å²) in [5, 5.41) is 13.8. The molecule has 1 aliphatic heterocycles. The second kappa shape index (κ2) is 10.2. The summed E-state index contributed by atoms with van der Waals surface area (Å²) in [5.74, 6) is -2.36. The molecule has 0 spiro atoms. The number of aryl methyl sites for hydroxylation is 1. The van der Waals surface area contributed by atoms with Gasteiger partial charge in [0.05, 0.1) is 5.56 Å². The standard InChI is InChI=1S/C19H23FN6O3S/c1-2-15-23-24-19(30-15)22-17(28)16(27)21-7-8-25-9-11-26(12-10-25)18(29)13-5-3-4-6-14(13)20/h3-6H,2,7-12H2,1H3,(H,21,27)(H,22,24,28). The molecule has 2 N–H and O–H groups in total. The van der Waals surface area contributed by atoms with Crippen LogP contribution in [0.4, 0.5) is 9.52 Å². The zero-order valence-electron chi connectivity index (χ0n) is 16.6. The number of anilines is 1. The van der Waals surface area contributed by atoms with Crippen molar-refractivity contribution in [2.75, 3.05) is 44.6 Å².